The normalized spacial score (nSPS) is 17.4. The maximum absolute atomic E-state index is 12.0. The average Bonchev–Trinajstić information content (AvgIpc) is 2.60. The summed E-state index contributed by atoms with van der Waals surface area (Å²) in [5, 5.41) is 9.42. The van der Waals surface area contributed by atoms with Crippen LogP contribution in [-0.2, 0) is 9.53 Å². The van der Waals surface area contributed by atoms with Gasteiger partial charge in [0.05, 0.1) is 14.2 Å². The van der Waals surface area contributed by atoms with Gasteiger partial charge < -0.3 is 9.47 Å². The molecule has 1 aromatic carbocycles. The van der Waals surface area contributed by atoms with Crippen LogP contribution in [0.15, 0.2) is 54.1 Å². The van der Waals surface area contributed by atoms with Crippen molar-refractivity contribution >= 4 is 11.5 Å². The fourth-order valence-corrected chi connectivity index (χ4v) is 2.43. The predicted octanol–water partition coefficient (Wildman–Crippen LogP) is 3.28. The Labute approximate surface area is 130 Å². The average molecular weight is 295 g/mol. The van der Waals surface area contributed by atoms with Crippen LogP contribution in [0.4, 0.5) is 0 Å². The zero-order valence-electron chi connectivity index (χ0n) is 12.6. The van der Waals surface area contributed by atoms with Crippen molar-refractivity contribution < 1.29 is 14.3 Å². The van der Waals surface area contributed by atoms with Gasteiger partial charge in [-0.1, -0.05) is 36.4 Å². The Morgan fingerprint density at radius 1 is 1.23 bits per heavy atom. The molecule has 0 bridgehead atoms. The summed E-state index contributed by atoms with van der Waals surface area (Å²) in [6.45, 7) is 0. The first-order chi connectivity index (χ1) is 10.7. The van der Waals surface area contributed by atoms with E-state index in [9.17, 15) is 10.1 Å². The minimum Gasteiger partial charge on any atom is -0.497 e. The van der Waals surface area contributed by atoms with Crippen molar-refractivity contribution in [2.45, 2.75) is 6.42 Å². The minimum atomic E-state index is -0.615. The number of hydrogen-bond donors (Lipinski definition) is 0. The summed E-state index contributed by atoms with van der Waals surface area (Å²) in [5.41, 5.74) is 1.53. The predicted molar refractivity (Wildman–Crippen MR) is 83.9 cm³/mol. The molecule has 2 rings (SSSR count). The van der Waals surface area contributed by atoms with Crippen LogP contribution in [0, 0.1) is 17.2 Å². The molecular formula is C18H17NO3. The van der Waals surface area contributed by atoms with Gasteiger partial charge in [0.2, 0.25) is 0 Å². The van der Waals surface area contributed by atoms with Crippen LogP contribution >= 0.6 is 0 Å². The standard InChI is InChI=1S/C18H17NO3/c1-21-15-10-8-14(9-11-15)17(13-6-4-3-5-7-13)16(12-19)18(20)22-2/h3-6,8-11,13H,7H2,1-2H3/b17-16+. The molecule has 0 heterocycles. The Balaban J connectivity index is 2.56. The molecule has 1 aliphatic rings. The molecule has 1 atom stereocenters. The molecule has 0 radical (unpaired) electrons. The SMILES string of the molecule is COC(=O)/C(C#N)=C(/c1ccc(OC)cc1)C1C=CC=CC1. The molecule has 0 aromatic heterocycles. The summed E-state index contributed by atoms with van der Waals surface area (Å²) in [7, 11) is 2.87. The number of nitriles is 1. The zero-order valence-corrected chi connectivity index (χ0v) is 12.6. The number of nitrogens with zero attached hydrogens (tertiary/aromatic N) is 1. The van der Waals surface area contributed by atoms with E-state index in [2.05, 4.69) is 0 Å². The number of hydrogen-bond acceptors (Lipinski definition) is 4. The van der Waals surface area contributed by atoms with Crippen LogP contribution in [0.5, 0.6) is 5.75 Å². The molecule has 0 spiro atoms. The number of carbonyl (C=O) groups is 1. The van der Waals surface area contributed by atoms with Gasteiger partial charge in [0.25, 0.3) is 0 Å². The van der Waals surface area contributed by atoms with E-state index in [-0.39, 0.29) is 11.5 Å². The lowest BCUT2D eigenvalue weighted by Gasteiger charge is -2.19. The molecule has 1 unspecified atom stereocenters. The van der Waals surface area contributed by atoms with Crippen molar-refractivity contribution in [2.75, 3.05) is 14.2 Å². The zero-order chi connectivity index (χ0) is 15.9. The number of esters is 1. The Kier molecular flexibility index (Phi) is 5.16. The number of methoxy groups -OCH3 is 2. The molecule has 22 heavy (non-hydrogen) atoms. The van der Waals surface area contributed by atoms with Crippen LogP contribution < -0.4 is 4.74 Å². The smallest absolute Gasteiger partial charge is 0.348 e. The lowest BCUT2D eigenvalue weighted by molar-refractivity contribution is -0.135. The third-order valence-electron chi connectivity index (χ3n) is 3.52. The van der Waals surface area contributed by atoms with Gasteiger partial charge >= 0.3 is 5.97 Å². The highest BCUT2D eigenvalue weighted by atomic mass is 16.5. The van der Waals surface area contributed by atoms with Crippen LogP contribution in [0.3, 0.4) is 0 Å². The van der Waals surface area contributed by atoms with E-state index < -0.39 is 5.97 Å². The third-order valence-corrected chi connectivity index (χ3v) is 3.52. The second-order valence-corrected chi connectivity index (χ2v) is 4.78. The van der Waals surface area contributed by atoms with Crippen LogP contribution in [-0.4, -0.2) is 20.2 Å². The number of ether oxygens (including phenoxy) is 2. The molecule has 112 valence electrons. The first kappa shape index (κ1) is 15.6. The van der Waals surface area contributed by atoms with E-state index in [0.29, 0.717) is 5.57 Å². The summed E-state index contributed by atoms with van der Waals surface area (Å²) in [5.74, 6) is 0.0715. The van der Waals surface area contributed by atoms with E-state index in [1.165, 1.54) is 7.11 Å². The highest BCUT2D eigenvalue weighted by Crippen LogP contribution is 2.33. The van der Waals surface area contributed by atoms with Gasteiger partial charge in [-0.15, -0.1) is 0 Å². The van der Waals surface area contributed by atoms with Gasteiger partial charge in [-0.05, 0) is 29.7 Å². The largest absolute Gasteiger partial charge is 0.497 e. The lowest BCUT2D eigenvalue weighted by atomic mass is 9.84. The second kappa shape index (κ2) is 7.28. The van der Waals surface area contributed by atoms with Crippen molar-refractivity contribution in [1.82, 2.24) is 0 Å². The molecule has 0 saturated heterocycles. The maximum Gasteiger partial charge on any atom is 0.348 e. The molecule has 0 saturated carbocycles. The van der Waals surface area contributed by atoms with Gasteiger partial charge in [0.15, 0.2) is 0 Å². The van der Waals surface area contributed by atoms with Crippen molar-refractivity contribution in [3.63, 3.8) is 0 Å². The molecule has 4 nitrogen and oxygen atoms in total. The summed E-state index contributed by atoms with van der Waals surface area (Å²) < 4.78 is 9.91. The summed E-state index contributed by atoms with van der Waals surface area (Å²) in [6, 6.07) is 9.31. The van der Waals surface area contributed by atoms with Gasteiger partial charge in [0.1, 0.15) is 17.4 Å². The molecule has 1 aromatic rings. The van der Waals surface area contributed by atoms with Crippen molar-refractivity contribution in [1.29, 1.82) is 5.26 Å². The fourth-order valence-electron chi connectivity index (χ4n) is 2.43. The van der Waals surface area contributed by atoms with Crippen molar-refractivity contribution in [3.05, 3.63) is 59.7 Å². The quantitative estimate of drug-likeness (QED) is 0.486. The first-order valence-electron chi connectivity index (χ1n) is 6.91. The highest BCUT2D eigenvalue weighted by molar-refractivity contribution is 6.02. The molecular weight excluding hydrogens is 278 g/mol. The van der Waals surface area contributed by atoms with E-state index >= 15 is 0 Å². The monoisotopic (exact) mass is 295 g/mol. The molecule has 0 amide bonds. The topological polar surface area (TPSA) is 59.3 Å². The maximum atomic E-state index is 12.0. The lowest BCUT2D eigenvalue weighted by Crippen LogP contribution is -2.11. The summed E-state index contributed by atoms with van der Waals surface area (Å²) in [4.78, 5) is 12.0. The van der Waals surface area contributed by atoms with Crippen LogP contribution in [0.2, 0.25) is 0 Å². The molecule has 0 aliphatic heterocycles. The Morgan fingerprint density at radius 3 is 2.45 bits per heavy atom. The molecule has 1 aliphatic carbocycles. The Hall–Kier alpha value is -2.80. The summed E-state index contributed by atoms with van der Waals surface area (Å²) in [6.07, 6.45) is 8.61. The summed E-state index contributed by atoms with van der Waals surface area (Å²) >= 11 is 0. The van der Waals surface area contributed by atoms with E-state index in [4.69, 9.17) is 9.47 Å². The Morgan fingerprint density at radius 2 is 1.95 bits per heavy atom. The van der Waals surface area contributed by atoms with Gasteiger partial charge in [0, 0.05) is 5.92 Å². The van der Waals surface area contributed by atoms with Gasteiger partial charge in [-0.2, -0.15) is 5.26 Å². The number of benzene rings is 1. The number of rotatable bonds is 4. The number of allylic oxidation sites excluding steroid dienone is 5. The Bertz CT molecular complexity index is 675. The first-order valence-corrected chi connectivity index (χ1v) is 6.91. The number of carbonyl (C=O) groups excluding carboxylic acids is 1. The third kappa shape index (κ3) is 3.26. The van der Waals surface area contributed by atoms with E-state index in [1.54, 1.807) is 7.11 Å². The molecule has 0 N–H and O–H groups in total. The highest BCUT2D eigenvalue weighted by Gasteiger charge is 2.23. The molecule has 0 fully saturated rings. The van der Waals surface area contributed by atoms with E-state index in [0.717, 1.165) is 17.7 Å². The second-order valence-electron chi connectivity index (χ2n) is 4.78. The van der Waals surface area contributed by atoms with Gasteiger partial charge in [-0.3, -0.25) is 0 Å². The minimum absolute atomic E-state index is 0.0351. The van der Waals surface area contributed by atoms with Crippen molar-refractivity contribution in [2.24, 2.45) is 5.92 Å². The molecule has 4 heteroatoms. The van der Waals surface area contributed by atoms with E-state index in [1.807, 2.05) is 54.6 Å². The fraction of sp³-hybridized carbons (Fsp3) is 0.222. The van der Waals surface area contributed by atoms with Crippen LogP contribution in [0.1, 0.15) is 12.0 Å². The van der Waals surface area contributed by atoms with Crippen molar-refractivity contribution in [3.8, 4) is 11.8 Å². The van der Waals surface area contributed by atoms with Crippen LogP contribution in [0.25, 0.3) is 5.57 Å². The van der Waals surface area contributed by atoms with Gasteiger partial charge in [-0.25, -0.2) is 4.79 Å².